The van der Waals surface area contributed by atoms with E-state index in [9.17, 15) is 0 Å². The largest absolute Gasteiger partial charge is 0.193 e. The summed E-state index contributed by atoms with van der Waals surface area (Å²) in [6.45, 7) is 5.61. The number of allylic oxidation sites excluding steroid dienone is 3. The van der Waals surface area contributed by atoms with E-state index in [1.165, 1.54) is 0 Å². The summed E-state index contributed by atoms with van der Waals surface area (Å²) in [5.74, 6) is 0. The van der Waals surface area contributed by atoms with Gasteiger partial charge < -0.3 is 0 Å². The van der Waals surface area contributed by atoms with Crippen molar-refractivity contribution in [3.05, 3.63) is 54.1 Å². The van der Waals surface area contributed by atoms with Gasteiger partial charge >= 0.3 is 0 Å². The van der Waals surface area contributed by atoms with E-state index in [0.717, 1.165) is 16.7 Å². The first kappa shape index (κ1) is 10.3. The Morgan fingerprint density at radius 3 is 2.57 bits per heavy atom. The summed E-state index contributed by atoms with van der Waals surface area (Å²) in [4.78, 5) is 0. The molecule has 0 aliphatic carbocycles. The van der Waals surface area contributed by atoms with E-state index >= 15 is 0 Å². The molecule has 1 rings (SSSR count). The third kappa shape index (κ3) is 2.34. The molecule has 0 unspecified atom stereocenters. The molecule has 70 valence electrons. The average molecular weight is 183 g/mol. The molecule has 1 aromatic carbocycles. The van der Waals surface area contributed by atoms with E-state index in [1.807, 2.05) is 37.3 Å². The Bertz CT molecular complexity index is 379. The van der Waals surface area contributed by atoms with Gasteiger partial charge in [0.25, 0.3) is 0 Å². The van der Waals surface area contributed by atoms with E-state index in [2.05, 4.69) is 12.6 Å². The van der Waals surface area contributed by atoms with Gasteiger partial charge in [0.1, 0.15) is 0 Å². The normalized spacial score (nSPS) is 11.4. The molecule has 1 heteroatoms. The number of benzene rings is 1. The molecule has 0 aromatic heterocycles. The number of hydrogen-bond acceptors (Lipinski definition) is 1. The molecule has 0 saturated heterocycles. The van der Waals surface area contributed by atoms with Crippen molar-refractivity contribution < 1.29 is 0 Å². The van der Waals surface area contributed by atoms with Crippen LogP contribution in [-0.2, 0) is 0 Å². The topological polar surface area (TPSA) is 23.8 Å². The number of nitriles is 1. The molecule has 0 aliphatic heterocycles. The van der Waals surface area contributed by atoms with Crippen LogP contribution in [0.3, 0.4) is 0 Å². The molecule has 0 bridgehead atoms. The van der Waals surface area contributed by atoms with E-state index < -0.39 is 0 Å². The van der Waals surface area contributed by atoms with Crippen LogP contribution in [0.2, 0.25) is 0 Å². The van der Waals surface area contributed by atoms with E-state index in [1.54, 1.807) is 6.08 Å². The van der Waals surface area contributed by atoms with Gasteiger partial charge in [-0.3, -0.25) is 0 Å². The van der Waals surface area contributed by atoms with Crippen molar-refractivity contribution in [1.29, 1.82) is 5.26 Å². The van der Waals surface area contributed by atoms with Gasteiger partial charge in [0.05, 0.1) is 6.07 Å². The number of hydrogen-bond donors (Lipinski definition) is 0. The maximum atomic E-state index is 8.93. The van der Waals surface area contributed by atoms with Crippen LogP contribution in [0.1, 0.15) is 18.9 Å². The molecule has 1 aromatic rings. The Kier molecular flexibility index (Phi) is 3.69. The fourth-order valence-electron chi connectivity index (χ4n) is 1.29. The first-order valence-electron chi connectivity index (χ1n) is 4.55. The Balaban J connectivity index is 3.09. The Morgan fingerprint density at radius 2 is 2.07 bits per heavy atom. The van der Waals surface area contributed by atoms with E-state index in [0.29, 0.717) is 6.42 Å². The molecule has 0 amide bonds. The molecule has 0 aliphatic rings. The van der Waals surface area contributed by atoms with Gasteiger partial charge in [-0.15, -0.1) is 6.58 Å². The van der Waals surface area contributed by atoms with Crippen LogP contribution in [0.5, 0.6) is 0 Å². The average Bonchev–Trinajstić information content (AvgIpc) is 2.26. The predicted molar refractivity (Wildman–Crippen MR) is 59.5 cm³/mol. The van der Waals surface area contributed by atoms with Gasteiger partial charge in [-0.25, -0.2) is 0 Å². The van der Waals surface area contributed by atoms with Gasteiger partial charge in [0.2, 0.25) is 0 Å². The third-order valence-electron chi connectivity index (χ3n) is 2.14. The Morgan fingerprint density at radius 1 is 1.43 bits per heavy atom. The third-order valence-corrected chi connectivity index (χ3v) is 2.14. The molecule has 1 nitrogen and oxygen atoms in total. The van der Waals surface area contributed by atoms with E-state index in [-0.39, 0.29) is 0 Å². The quantitative estimate of drug-likeness (QED) is 0.519. The van der Waals surface area contributed by atoms with Crippen LogP contribution in [0.25, 0.3) is 5.57 Å². The zero-order valence-electron chi connectivity index (χ0n) is 8.33. The molecular formula is C13H13N. The summed E-state index contributed by atoms with van der Waals surface area (Å²) in [6.07, 6.45) is 2.39. The van der Waals surface area contributed by atoms with Crippen molar-refractivity contribution in [2.75, 3.05) is 0 Å². The maximum absolute atomic E-state index is 8.93. The van der Waals surface area contributed by atoms with Crippen LogP contribution >= 0.6 is 0 Å². The minimum atomic E-state index is 0.636. The lowest BCUT2D eigenvalue weighted by Gasteiger charge is -2.03. The Labute approximate surface area is 85.0 Å². The molecule has 0 spiro atoms. The van der Waals surface area contributed by atoms with Gasteiger partial charge in [0.15, 0.2) is 0 Å². The molecule has 0 atom stereocenters. The van der Waals surface area contributed by atoms with Crippen molar-refractivity contribution in [1.82, 2.24) is 0 Å². The second-order valence-corrected chi connectivity index (χ2v) is 3.07. The molecule has 0 fully saturated rings. The summed E-state index contributed by atoms with van der Waals surface area (Å²) in [5, 5.41) is 8.93. The summed E-state index contributed by atoms with van der Waals surface area (Å²) < 4.78 is 0. The van der Waals surface area contributed by atoms with Gasteiger partial charge in [0, 0.05) is 12.0 Å². The zero-order valence-corrected chi connectivity index (χ0v) is 8.33. The van der Waals surface area contributed by atoms with Gasteiger partial charge in [-0.2, -0.15) is 5.26 Å². The number of rotatable bonds is 3. The fourth-order valence-corrected chi connectivity index (χ4v) is 1.29. The SMILES string of the molecule is C=CC/C(C#N)=C(/C)c1ccccc1. The van der Waals surface area contributed by atoms with Gasteiger partial charge in [-0.1, -0.05) is 36.4 Å². The first-order chi connectivity index (χ1) is 6.79. The fraction of sp³-hybridized carbons (Fsp3) is 0.154. The summed E-state index contributed by atoms with van der Waals surface area (Å²) >= 11 is 0. The highest BCUT2D eigenvalue weighted by Crippen LogP contribution is 2.19. The minimum absolute atomic E-state index is 0.636. The molecule has 0 saturated carbocycles. The van der Waals surface area contributed by atoms with Crippen molar-refractivity contribution in [3.8, 4) is 6.07 Å². The molecule has 0 N–H and O–H groups in total. The maximum Gasteiger partial charge on any atom is 0.0953 e. The van der Waals surface area contributed by atoms with Crippen LogP contribution in [-0.4, -0.2) is 0 Å². The highest BCUT2D eigenvalue weighted by molar-refractivity contribution is 5.70. The molecular weight excluding hydrogens is 170 g/mol. The highest BCUT2D eigenvalue weighted by Gasteiger charge is 2.01. The standard InChI is InChI=1S/C13H13N/c1-3-7-13(10-14)11(2)12-8-5-4-6-9-12/h3-6,8-9H,1,7H2,2H3/b13-11+. The van der Waals surface area contributed by atoms with Crippen molar-refractivity contribution in [3.63, 3.8) is 0 Å². The lowest BCUT2D eigenvalue weighted by atomic mass is 10.0. The lowest BCUT2D eigenvalue weighted by molar-refractivity contribution is 1.28. The lowest BCUT2D eigenvalue weighted by Crippen LogP contribution is -1.85. The molecule has 0 radical (unpaired) electrons. The summed E-state index contributed by atoms with van der Waals surface area (Å²) in [5.41, 5.74) is 2.92. The molecule has 0 heterocycles. The molecule has 14 heavy (non-hydrogen) atoms. The minimum Gasteiger partial charge on any atom is -0.193 e. The van der Waals surface area contributed by atoms with E-state index in [4.69, 9.17) is 5.26 Å². The summed E-state index contributed by atoms with van der Waals surface area (Å²) in [6, 6.07) is 12.1. The van der Waals surface area contributed by atoms with Crippen LogP contribution in [0.15, 0.2) is 48.6 Å². The van der Waals surface area contributed by atoms with Crippen LogP contribution in [0, 0.1) is 11.3 Å². The van der Waals surface area contributed by atoms with Crippen LogP contribution in [0.4, 0.5) is 0 Å². The highest BCUT2D eigenvalue weighted by atomic mass is 14.2. The Hall–Kier alpha value is -1.81. The van der Waals surface area contributed by atoms with Crippen LogP contribution < -0.4 is 0 Å². The van der Waals surface area contributed by atoms with Crippen molar-refractivity contribution in [2.45, 2.75) is 13.3 Å². The summed E-state index contributed by atoms with van der Waals surface area (Å²) in [7, 11) is 0. The van der Waals surface area contributed by atoms with Crippen molar-refractivity contribution >= 4 is 5.57 Å². The smallest absolute Gasteiger partial charge is 0.0953 e. The first-order valence-corrected chi connectivity index (χ1v) is 4.55. The second-order valence-electron chi connectivity index (χ2n) is 3.07. The van der Waals surface area contributed by atoms with Crippen molar-refractivity contribution in [2.24, 2.45) is 0 Å². The predicted octanol–water partition coefficient (Wildman–Crippen LogP) is 3.56. The zero-order chi connectivity index (χ0) is 10.4. The number of nitrogens with zero attached hydrogens (tertiary/aromatic N) is 1. The second kappa shape index (κ2) is 5.04. The monoisotopic (exact) mass is 183 g/mol. The van der Waals surface area contributed by atoms with Gasteiger partial charge in [-0.05, 0) is 18.1 Å².